The van der Waals surface area contributed by atoms with Crippen molar-refractivity contribution in [3.63, 3.8) is 0 Å². The zero-order valence-electron chi connectivity index (χ0n) is 22.7. The number of aromatic hydroxyl groups is 1. The third-order valence-corrected chi connectivity index (χ3v) is 6.17. The number of phenols is 1. The molecule has 0 aliphatic heterocycles. The Kier molecular flexibility index (Phi) is 11.7. The molecule has 0 heterocycles. The van der Waals surface area contributed by atoms with E-state index in [1.165, 1.54) is 0 Å². The van der Waals surface area contributed by atoms with Crippen LogP contribution in [-0.2, 0) is 27.2 Å². The number of aryl methyl sites for hydroxylation is 1. The Balaban J connectivity index is 2.10. The second kappa shape index (κ2) is 14.2. The summed E-state index contributed by atoms with van der Waals surface area (Å²) in [5, 5.41) is 31.0. The summed E-state index contributed by atoms with van der Waals surface area (Å²) in [5.74, 6) is -1.15. The molecule has 1 amide bonds. The van der Waals surface area contributed by atoms with E-state index in [0.717, 1.165) is 17.5 Å². The van der Waals surface area contributed by atoms with Gasteiger partial charge in [-0.25, -0.2) is 0 Å². The zero-order valence-corrected chi connectivity index (χ0v) is 22.7. The summed E-state index contributed by atoms with van der Waals surface area (Å²) >= 11 is 0. The summed E-state index contributed by atoms with van der Waals surface area (Å²) in [5.41, 5.74) is 1.78. The van der Waals surface area contributed by atoms with E-state index in [2.05, 4.69) is 5.32 Å². The summed E-state index contributed by atoms with van der Waals surface area (Å²) in [6.07, 6.45) is 3.11. The highest BCUT2D eigenvalue weighted by atomic mass is 16.6. The van der Waals surface area contributed by atoms with Crippen LogP contribution in [0.1, 0.15) is 65.0 Å². The van der Waals surface area contributed by atoms with Gasteiger partial charge in [0.25, 0.3) is 0 Å². The maximum absolute atomic E-state index is 13.4. The maximum atomic E-state index is 13.4. The van der Waals surface area contributed by atoms with Crippen LogP contribution >= 0.6 is 0 Å². The molecule has 0 aliphatic rings. The van der Waals surface area contributed by atoms with Crippen molar-refractivity contribution in [3.8, 4) is 5.75 Å². The highest BCUT2D eigenvalue weighted by Crippen LogP contribution is 2.29. The van der Waals surface area contributed by atoms with Gasteiger partial charge in [0.05, 0.1) is 11.8 Å². The predicted molar refractivity (Wildman–Crippen MR) is 146 cm³/mol. The molecule has 0 aliphatic carbocycles. The van der Waals surface area contributed by atoms with E-state index in [0.29, 0.717) is 37.7 Å². The number of esters is 1. The van der Waals surface area contributed by atoms with Gasteiger partial charge in [-0.3, -0.25) is 9.59 Å². The minimum atomic E-state index is -1.51. The molecule has 0 spiro atoms. The number of ether oxygens (including phenoxy) is 1. The molecule has 0 aromatic heterocycles. The van der Waals surface area contributed by atoms with Crippen LogP contribution in [0.2, 0.25) is 0 Å². The van der Waals surface area contributed by atoms with E-state index in [4.69, 9.17) is 4.74 Å². The van der Waals surface area contributed by atoms with Crippen molar-refractivity contribution in [2.45, 2.75) is 72.3 Å². The molecule has 0 radical (unpaired) electrons. The molecule has 2 aromatic rings. The number of hydrogen-bond donors (Lipinski definition) is 4. The Morgan fingerprint density at radius 3 is 2.03 bits per heavy atom. The number of carbonyl (C=O) groups excluding carboxylic acids is 2. The maximum Gasteiger partial charge on any atom is 0.488 e. The number of benzene rings is 2. The van der Waals surface area contributed by atoms with Crippen LogP contribution in [0, 0.1) is 17.8 Å². The first kappa shape index (κ1) is 30.4. The monoisotopic (exact) mass is 511 g/mol. The van der Waals surface area contributed by atoms with E-state index in [1.807, 2.05) is 46.8 Å². The molecule has 0 saturated heterocycles. The van der Waals surface area contributed by atoms with Gasteiger partial charge in [0.15, 0.2) is 0 Å². The lowest BCUT2D eigenvalue weighted by atomic mass is 9.80. The van der Waals surface area contributed by atoms with Crippen molar-refractivity contribution in [3.05, 3.63) is 59.7 Å². The molecule has 7 nitrogen and oxygen atoms in total. The average molecular weight is 511 g/mol. The fourth-order valence-electron chi connectivity index (χ4n) is 4.33. The first-order valence-corrected chi connectivity index (χ1v) is 13.1. The molecule has 4 N–H and O–H groups in total. The van der Waals surface area contributed by atoms with Gasteiger partial charge >= 0.3 is 13.1 Å². The fraction of sp³-hybridized carbons (Fsp3) is 0.517. The van der Waals surface area contributed by atoms with Crippen molar-refractivity contribution in [1.29, 1.82) is 0 Å². The van der Waals surface area contributed by atoms with Gasteiger partial charge < -0.3 is 25.2 Å². The van der Waals surface area contributed by atoms with Crippen LogP contribution in [0.5, 0.6) is 5.75 Å². The van der Waals surface area contributed by atoms with Crippen molar-refractivity contribution in [2.75, 3.05) is 6.54 Å². The standard InChI is InChI=1S/C29H42BNO6/c1-20(2)19-26(27(33)31-18-17-22-9-13-23(14-10-22)30(35)36)25(28(34)37-29(3,4)5)8-6-7-21-11-15-24(32)16-12-21/h9-16,20,25-26,32,35-36H,6-8,17-19H2,1-5H3,(H,31,33)/t25-,26+/m0/s1. The summed E-state index contributed by atoms with van der Waals surface area (Å²) in [6, 6.07) is 13.9. The molecular formula is C29H42BNO6. The van der Waals surface area contributed by atoms with Crippen molar-refractivity contribution in [2.24, 2.45) is 17.8 Å². The first-order chi connectivity index (χ1) is 17.4. The molecule has 0 saturated carbocycles. The fourth-order valence-corrected chi connectivity index (χ4v) is 4.33. The lowest BCUT2D eigenvalue weighted by Crippen LogP contribution is -2.41. The average Bonchev–Trinajstić information content (AvgIpc) is 2.80. The highest BCUT2D eigenvalue weighted by Gasteiger charge is 2.36. The van der Waals surface area contributed by atoms with Crippen molar-refractivity contribution >= 4 is 24.5 Å². The van der Waals surface area contributed by atoms with Crippen LogP contribution < -0.4 is 10.8 Å². The molecule has 2 aromatic carbocycles. The molecular weight excluding hydrogens is 469 g/mol. The van der Waals surface area contributed by atoms with Gasteiger partial charge in [0, 0.05) is 6.54 Å². The van der Waals surface area contributed by atoms with Crippen LogP contribution in [0.4, 0.5) is 0 Å². The third-order valence-electron chi connectivity index (χ3n) is 6.17. The smallest absolute Gasteiger partial charge is 0.488 e. The number of carbonyl (C=O) groups is 2. The lowest BCUT2D eigenvalue weighted by molar-refractivity contribution is -0.164. The summed E-state index contributed by atoms with van der Waals surface area (Å²) in [7, 11) is -1.51. The largest absolute Gasteiger partial charge is 0.508 e. The second-order valence-electron chi connectivity index (χ2n) is 11.1. The van der Waals surface area contributed by atoms with Crippen LogP contribution in [-0.4, -0.2) is 46.3 Å². The molecule has 2 rings (SSSR count). The zero-order chi connectivity index (χ0) is 27.6. The van der Waals surface area contributed by atoms with Gasteiger partial charge in [-0.1, -0.05) is 50.2 Å². The number of hydrogen-bond acceptors (Lipinski definition) is 6. The van der Waals surface area contributed by atoms with E-state index in [9.17, 15) is 24.7 Å². The highest BCUT2D eigenvalue weighted by molar-refractivity contribution is 6.58. The van der Waals surface area contributed by atoms with E-state index in [-0.39, 0.29) is 23.5 Å². The van der Waals surface area contributed by atoms with Gasteiger partial charge in [0.1, 0.15) is 11.4 Å². The van der Waals surface area contributed by atoms with Gasteiger partial charge in [-0.2, -0.15) is 0 Å². The lowest BCUT2D eigenvalue weighted by Gasteiger charge is -2.29. The van der Waals surface area contributed by atoms with E-state index >= 15 is 0 Å². The number of amides is 1. The molecule has 202 valence electrons. The first-order valence-electron chi connectivity index (χ1n) is 13.1. The minimum absolute atomic E-state index is 0.156. The quantitative estimate of drug-likeness (QED) is 0.242. The van der Waals surface area contributed by atoms with Crippen LogP contribution in [0.25, 0.3) is 0 Å². The SMILES string of the molecule is CC(C)C[C@@H](C(=O)NCCc1ccc(B(O)O)cc1)[C@H](CCCc1ccc(O)cc1)C(=O)OC(C)(C)C. The van der Waals surface area contributed by atoms with Crippen LogP contribution in [0.3, 0.4) is 0 Å². The Hall–Kier alpha value is -2.84. The Morgan fingerprint density at radius 1 is 0.919 bits per heavy atom. The van der Waals surface area contributed by atoms with Gasteiger partial charge in [-0.05, 0) is 87.5 Å². The van der Waals surface area contributed by atoms with E-state index < -0.39 is 24.6 Å². The topological polar surface area (TPSA) is 116 Å². The van der Waals surface area contributed by atoms with Gasteiger partial charge in [-0.15, -0.1) is 0 Å². The molecule has 8 heteroatoms. The molecule has 2 atom stereocenters. The summed E-state index contributed by atoms with van der Waals surface area (Å²) < 4.78 is 5.74. The number of phenolic OH excluding ortho intramolecular Hbond substituents is 1. The molecule has 0 unspecified atom stereocenters. The molecule has 0 fully saturated rings. The third kappa shape index (κ3) is 11.0. The predicted octanol–water partition coefficient (Wildman–Crippen LogP) is 3.37. The number of nitrogens with one attached hydrogen (secondary N) is 1. The second-order valence-corrected chi connectivity index (χ2v) is 11.1. The summed E-state index contributed by atoms with van der Waals surface area (Å²) in [4.78, 5) is 26.7. The van der Waals surface area contributed by atoms with E-state index in [1.54, 1.807) is 36.4 Å². The normalized spacial score (nSPS) is 13.2. The molecule has 0 bridgehead atoms. The Morgan fingerprint density at radius 2 is 1.49 bits per heavy atom. The Labute approximate surface area is 221 Å². The van der Waals surface area contributed by atoms with Gasteiger partial charge in [0.2, 0.25) is 5.91 Å². The Bertz CT molecular complexity index is 983. The minimum Gasteiger partial charge on any atom is -0.508 e. The van der Waals surface area contributed by atoms with Crippen molar-refractivity contribution in [1.82, 2.24) is 5.32 Å². The van der Waals surface area contributed by atoms with Crippen LogP contribution in [0.15, 0.2) is 48.5 Å². The molecule has 37 heavy (non-hydrogen) atoms. The van der Waals surface area contributed by atoms with Crippen molar-refractivity contribution < 1.29 is 29.5 Å². The number of rotatable bonds is 13. The summed E-state index contributed by atoms with van der Waals surface area (Å²) in [6.45, 7) is 9.98.